The monoisotopic (exact) mass is 562 g/mol. The maximum Gasteiger partial charge on any atom is 0.242 e. The Kier molecular flexibility index (Phi) is 11.1. The molecule has 0 radical (unpaired) electrons. The van der Waals surface area contributed by atoms with Gasteiger partial charge in [-0.1, -0.05) is 18.2 Å². The Morgan fingerprint density at radius 1 is 0.968 bits per heavy atom. The Labute approximate surface area is 202 Å². The molecule has 2 rings (SSSR count). The van der Waals surface area contributed by atoms with E-state index in [4.69, 9.17) is 9.47 Å². The van der Waals surface area contributed by atoms with Gasteiger partial charge in [-0.3, -0.25) is 0 Å². The Morgan fingerprint density at radius 2 is 1.58 bits per heavy atom. The second-order valence-electron chi connectivity index (χ2n) is 6.67. The lowest BCUT2D eigenvalue weighted by Gasteiger charge is -2.13. The third kappa shape index (κ3) is 7.54. The van der Waals surface area contributed by atoms with Crippen molar-refractivity contribution in [1.82, 2.24) is 14.9 Å². The topological polar surface area (TPSA) is 92.3 Å². The molecule has 0 saturated heterocycles. The van der Waals surface area contributed by atoms with E-state index < -0.39 is 10.0 Å². The first-order valence-electron chi connectivity index (χ1n) is 9.56. The molecule has 0 bridgehead atoms. The number of guanidine groups is 1. The number of aliphatic imine (C=N–C) groups is 1. The number of methoxy groups -OCH3 is 2. The number of hydrogen-bond donors (Lipinski definition) is 2. The van der Waals surface area contributed by atoms with Crippen LogP contribution in [-0.4, -0.2) is 53.5 Å². The summed E-state index contributed by atoms with van der Waals surface area (Å²) in [4.78, 5) is 4.87. The van der Waals surface area contributed by atoms with E-state index in [1.807, 2.05) is 25.1 Å². The van der Waals surface area contributed by atoms with Crippen molar-refractivity contribution in [2.24, 2.45) is 4.99 Å². The van der Waals surface area contributed by atoms with Gasteiger partial charge in [0.25, 0.3) is 0 Å². The largest absolute Gasteiger partial charge is 0.493 e. The summed E-state index contributed by atoms with van der Waals surface area (Å²) in [5.74, 6) is 2.00. The summed E-state index contributed by atoms with van der Waals surface area (Å²) >= 11 is 0. The molecule has 0 saturated carbocycles. The maximum absolute atomic E-state index is 12.2. The molecule has 0 amide bonds. The number of halogens is 1. The lowest BCUT2D eigenvalue weighted by molar-refractivity contribution is 0.354. The zero-order chi connectivity index (χ0) is 22.1. The fourth-order valence-electron chi connectivity index (χ4n) is 2.67. The number of nitrogens with zero attached hydrogens (tertiary/aromatic N) is 2. The normalized spacial score (nSPS) is 11.6. The Morgan fingerprint density at radius 3 is 2.13 bits per heavy atom. The number of sulfonamides is 1. The van der Waals surface area contributed by atoms with E-state index in [1.54, 1.807) is 38.5 Å². The molecule has 2 N–H and O–H groups in total. The summed E-state index contributed by atoms with van der Waals surface area (Å²) < 4.78 is 36.1. The fourth-order valence-corrected chi connectivity index (χ4v) is 3.57. The van der Waals surface area contributed by atoms with Gasteiger partial charge in [-0.2, -0.15) is 0 Å². The number of rotatable bonds is 9. The van der Waals surface area contributed by atoms with Gasteiger partial charge in [0.05, 0.1) is 25.7 Å². The second-order valence-corrected chi connectivity index (χ2v) is 8.82. The second kappa shape index (κ2) is 12.7. The van der Waals surface area contributed by atoms with Crippen LogP contribution in [0.4, 0.5) is 0 Å². The molecule has 0 unspecified atom stereocenters. The number of hydrogen-bond acceptors (Lipinski definition) is 5. The summed E-state index contributed by atoms with van der Waals surface area (Å²) in [5.41, 5.74) is 1.94. The van der Waals surface area contributed by atoms with Gasteiger partial charge >= 0.3 is 0 Å². The highest BCUT2D eigenvalue weighted by Crippen LogP contribution is 2.27. The zero-order valence-electron chi connectivity index (χ0n) is 18.5. The van der Waals surface area contributed by atoms with Crippen LogP contribution in [-0.2, 0) is 23.1 Å². The first kappa shape index (κ1) is 27.0. The molecule has 0 atom stereocenters. The van der Waals surface area contributed by atoms with E-state index in [9.17, 15) is 8.42 Å². The highest BCUT2D eigenvalue weighted by atomic mass is 127. The Balaban J connectivity index is 0.00000480. The van der Waals surface area contributed by atoms with Gasteiger partial charge in [0, 0.05) is 27.2 Å². The van der Waals surface area contributed by atoms with Crippen LogP contribution in [0.5, 0.6) is 11.5 Å². The summed E-state index contributed by atoms with van der Waals surface area (Å²) in [5, 5.41) is 6.47. The van der Waals surface area contributed by atoms with E-state index in [-0.39, 0.29) is 28.9 Å². The number of ether oxygens (including phenoxy) is 2. The molecule has 0 aliphatic heterocycles. The predicted molar refractivity (Wildman–Crippen MR) is 134 cm³/mol. The minimum absolute atomic E-state index is 0. The van der Waals surface area contributed by atoms with Crippen molar-refractivity contribution < 1.29 is 17.9 Å². The van der Waals surface area contributed by atoms with Crippen molar-refractivity contribution in [3.8, 4) is 11.5 Å². The fraction of sp³-hybridized carbons (Fsp3) is 0.381. The molecule has 10 heteroatoms. The third-order valence-electron chi connectivity index (χ3n) is 4.37. The van der Waals surface area contributed by atoms with Crippen molar-refractivity contribution in [3.63, 3.8) is 0 Å². The van der Waals surface area contributed by atoms with Crippen LogP contribution in [0.25, 0.3) is 0 Å². The first-order valence-corrected chi connectivity index (χ1v) is 11.0. The molecule has 172 valence electrons. The molecule has 8 nitrogen and oxygen atoms in total. The predicted octanol–water partition coefficient (Wildman–Crippen LogP) is 2.83. The van der Waals surface area contributed by atoms with Gasteiger partial charge in [-0.25, -0.2) is 17.7 Å². The Hall–Kier alpha value is -2.05. The molecule has 0 fully saturated rings. The smallest absolute Gasteiger partial charge is 0.242 e. The number of nitrogens with one attached hydrogen (secondary N) is 2. The van der Waals surface area contributed by atoms with Crippen LogP contribution >= 0.6 is 24.0 Å². The molecule has 0 aliphatic rings. The van der Waals surface area contributed by atoms with Crippen molar-refractivity contribution in [2.75, 3.05) is 34.9 Å². The van der Waals surface area contributed by atoms with Crippen molar-refractivity contribution >= 4 is 40.0 Å². The lowest BCUT2D eigenvalue weighted by Crippen LogP contribution is -2.36. The molecule has 0 spiro atoms. The molecule has 2 aromatic carbocycles. The van der Waals surface area contributed by atoms with Crippen LogP contribution in [0.15, 0.2) is 52.4 Å². The van der Waals surface area contributed by atoms with E-state index in [0.717, 1.165) is 17.7 Å². The highest BCUT2D eigenvalue weighted by molar-refractivity contribution is 14.0. The van der Waals surface area contributed by atoms with Crippen molar-refractivity contribution in [3.05, 3.63) is 53.6 Å². The Bertz CT molecular complexity index is 964. The lowest BCUT2D eigenvalue weighted by atomic mass is 10.2. The van der Waals surface area contributed by atoms with Crippen LogP contribution in [0.1, 0.15) is 18.1 Å². The summed E-state index contributed by atoms with van der Waals surface area (Å²) in [6.45, 7) is 3.70. The van der Waals surface area contributed by atoms with Gasteiger partial charge < -0.3 is 20.1 Å². The summed E-state index contributed by atoms with van der Waals surface area (Å²) in [7, 11) is 2.81. The highest BCUT2D eigenvalue weighted by Gasteiger charge is 2.16. The van der Waals surface area contributed by atoms with E-state index in [1.165, 1.54) is 18.4 Å². The molecule has 31 heavy (non-hydrogen) atoms. The minimum atomic E-state index is -3.43. The van der Waals surface area contributed by atoms with Crippen LogP contribution in [0, 0.1) is 0 Å². The van der Waals surface area contributed by atoms with E-state index >= 15 is 0 Å². The van der Waals surface area contributed by atoms with Gasteiger partial charge in [0.15, 0.2) is 17.5 Å². The van der Waals surface area contributed by atoms with E-state index in [2.05, 4.69) is 15.6 Å². The van der Waals surface area contributed by atoms with Gasteiger partial charge in [-0.05, 0) is 42.3 Å². The number of benzene rings is 2. The van der Waals surface area contributed by atoms with Crippen LogP contribution in [0.2, 0.25) is 0 Å². The molecular weight excluding hydrogens is 531 g/mol. The first-order chi connectivity index (χ1) is 14.3. The van der Waals surface area contributed by atoms with Crippen molar-refractivity contribution in [2.45, 2.75) is 24.9 Å². The molecule has 0 aromatic heterocycles. The molecule has 0 heterocycles. The SMILES string of the molecule is CCNC(=NCc1ccc(OC)c(OC)c1)NCc1ccc(S(=O)(=O)N(C)C)cc1.I. The molecule has 0 aliphatic carbocycles. The van der Waals surface area contributed by atoms with Gasteiger partial charge in [0.2, 0.25) is 10.0 Å². The summed E-state index contributed by atoms with van der Waals surface area (Å²) in [6.07, 6.45) is 0. The van der Waals surface area contributed by atoms with E-state index in [0.29, 0.717) is 30.5 Å². The van der Waals surface area contributed by atoms with Gasteiger partial charge in [-0.15, -0.1) is 24.0 Å². The zero-order valence-corrected chi connectivity index (χ0v) is 21.7. The van der Waals surface area contributed by atoms with Gasteiger partial charge in [0.1, 0.15) is 0 Å². The average molecular weight is 562 g/mol. The summed E-state index contributed by atoms with van der Waals surface area (Å²) in [6, 6.07) is 12.5. The quantitative estimate of drug-likeness (QED) is 0.278. The molecular formula is C21H31IN4O4S. The van der Waals surface area contributed by atoms with Crippen LogP contribution < -0.4 is 20.1 Å². The van der Waals surface area contributed by atoms with Crippen molar-refractivity contribution in [1.29, 1.82) is 0 Å². The molecule has 2 aromatic rings. The maximum atomic E-state index is 12.2. The van der Waals surface area contributed by atoms with Crippen LogP contribution in [0.3, 0.4) is 0 Å². The minimum Gasteiger partial charge on any atom is -0.493 e. The third-order valence-corrected chi connectivity index (χ3v) is 6.20. The standard InChI is InChI=1S/C21H30N4O4S.HI/c1-6-22-21(24-15-17-9-12-19(28-4)20(13-17)29-5)23-14-16-7-10-18(11-8-16)30(26,27)25(2)3;/h7-13H,6,14-15H2,1-5H3,(H2,22,23,24);1H. The average Bonchev–Trinajstić information content (AvgIpc) is 2.75.